The van der Waals surface area contributed by atoms with E-state index in [9.17, 15) is 19.3 Å². The van der Waals surface area contributed by atoms with Gasteiger partial charge in [-0.25, -0.2) is 9.37 Å². The van der Waals surface area contributed by atoms with Gasteiger partial charge in [-0.15, -0.1) is 0 Å². The Morgan fingerprint density at radius 1 is 1.25 bits per heavy atom. The van der Waals surface area contributed by atoms with E-state index in [1.54, 1.807) is 12.3 Å². The van der Waals surface area contributed by atoms with E-state index in [0.29, 0.717) is 0 Å². The summed E-state index contributed by atoms with van der Waals surface area (Å²) in [6.07, 6.45) is 3.92. The lowest BCUT2D eigenvalue weighted by Crippen LogP contribution is -2.18. The number of nitrogens with zero attached hydrogens (tertiary/aromatic N) is 3. The maximum Gasteiger partial charge on any atom is 0.282 e. The van der Waals surface area contributed by atoms with Crippen LogP contribution >= 0.6 is 0 Å². The lowest BCUT2D eigenvalue weighted by molar-refractivity contribution is -0.385. The number of halogens is 1. The Balaban J connectivity index is 1.77. The highest BCUT2D eigenvalue weighted by Crippen LogP contribution is 2.22. The molecule has 1 fully saturated rings. The zero-order valence-corrected chi connectivity index (χ0v) is 12.7. The van der Waals surface area contributed by atoms with Crippen molar-refractivity contribution in [2.75, 3.05) is 23.3 Å². The second kappa shape index (κ2) is 6.61. The van der Waals surface area contributed by atoms with Crippen LogP contribution in [0.15, 0.2) is 36.5 Å². The molecule has 1 aliphatic rings. The quantitative estimate of drug-likeness (QED) is 0.688. The molecule has 2 aromatic rings. The first-order chi connectivity index (χ1) is 11.5. The van der Waals surface area contributed by atoms with E-state index in [-0.39, 0.29) is 11.4 Å². The van der Waals surface area contributed by atoms with Gasteiger partial charge in [0.05, 0.1) is 16.8 Å². The fourth-order valence-corrected chi connectivity index (χ4v) is 2.66. The maximum absolute atomic E-state index is 13.3. The smallest absolute Gasteiger partial charge is 0.282 e. The number of hydrogen-bond acceptors (Lipinski definition) is 5. The minimum absolute atomic E-state index is 0.251. The van der Waals surface area contributed by atoms with Gasteiger partial charge in [-0.05, 0) is 37.1 Å². The normalized spacial score (nSPS) is 13.8. The fourth-order valence-electron chi connectivity index (χ4n) is 2.66. The van der Waals surface area contributed by atoms with Crippen molar-refractivity contribution in [3.63, 3.8) is 0 Å². The van der Waals surface area contributed by atoms with Crippen molar-refractivity contribution >= 4 is 23.1 Å². The second-order valence-electron chi connectivity index (χ2n) is 5.47. The average molecular weight is 330 g/mol. The number of aromatic nitrogens is 1. The van der Waals surface area contributed by atoms with E-state index in [4.69, 9.17) is 0 Å². The number of nitro benzene ring substituents is 1. The molecule has 7 nitrogen and oxygen atoms in total. The van der Waals surface area contributed by atoms with E-state index in [1.807, 2.05) is 6.07 Å². The zero-order chi connectivity index (χ0) is 17.1. The lowest BCUT2D eigenvalue weighted by Gasteiger charge is -2.17. The monoisotopic (exact) mass is 330 g/mol. The van der Waals surface area contributed by atoms with Gasteiger partial charge in [-0.3, -0.25) is 14.9 Å². The van der Waals surface area contributed by atoms with Gasteiger partial charge in [0.1, 0.15) is 17.2 Å². The van der Waals surface area contributed by atoms with Crippen LogP contribution in [0.2, 0.25) is 0 Å². The fraction of sp³-hybridized carbons (Fsp3) is 0.250. The van der Waals surface area contributed by atoms with Crippen LogP contribution in [0.1, 0.15) is 23.2 Å². The van der Waals surface area contributed by atoms with Crippen LogP contribution in [0.25, 0.3) is 0 Å². The Bertz CT molecular complexity index is 773. The van der Waals surface area contributed by atoms with E-state index in [1.165, 1.54) is 0 Å². The Kier molecular flexibility index (Phi) is 4.37. The summed E-state index contributed by atoms with van der Waals surface area (Å²) in [5, 5.41) is 13.4. The van der Waals surface area contributed by atoms with Crippen molar-refractivity contribution in [1.29, 1.82) is 0 Å². The molecule has 0 spiro atoms. The molecule has 1 amide bonds. The molecule has 1 saturated heterocycles. The summed E-state index contributed by atoms with van der Waals surface area (Å²) in [5.74, 6) is -1.24. The molecule has 1 N–H and O–H groups in total. The lowest BCUT2D eigenvalue weighted by atomic mass is 10.1. The van der Waals surface area contributed by atoms with Gasteiger partial charge in [0.25, 0.3) is 11.6 Å². The molecule has 0 radical (unpaired) electrons. The minimum atomic E-state index is -0.775. The van der Waals surface area contributed by atoms with Gasteiger partial charge < -0.3 is 10.2 Å². The van der Waals surface area contributed by atoms with Gasteiger partial charge in [-0.2, -0.15) is 0 Å². The number of anilines is 2. The molecule has 24 heavy (non-hydrogen) atoms. The number of pyridine rings is 1. The molecule has 1 aromatic heterocycles. The van der Waals surface area contributed by atoms with Crippen LogP contribution in [0, 0.1) is 15.9 Å². The third-order valence-corrected chi connectivity index (χ3v) is 3.86. The Labute approximate surface area is 137 Å². The summed E-state index contributed by atoms with van der Waals surface area (Å²) >= 11 is 0. The molecule has 0 aliphatic carbocycles. The third-order valence-electron chi connectivity index (χ3n) is 3.86. The van der Waals surface area contributed by atoms with Gasteiger partial charge in [0, 0.05) is 19.2 Å². The van der Waals surface area contributed by atoms with Gasteiger partial charge in [0.15, 0.2) is 0 Å². The molecule has 1 aliphatic heterocycles. The van der Waals surface area contributed by atoms with Crippen molar-refractivity contribution in [2.24, 2.45) is 0 Å². The first-order valence-corrected chi connectivity index (χ1v) is 7.51. The number of benzene rings is 1. The first-order valence-electron chi connectivity index (χ1n) is 7.51. The topological polar surface area (TPSA) is 88.4 Å². The maximum atomic E-state index is 13.3. The van der Waals surface area contributed by atoms with Crippen molar-refractivity contribution in [3.8, 4) is 0 Å². The predicted molar refractivity (Wildman–Crippen MR) is 86.7 cm³/mol. The van der Waals surface area contributed by atoms with Crippen molar-refractivity contribution in [1.82, 2.24) is 4.98 Å². The van der Waals surface area contributed by atoms with Gasteiger partial charge in [-0.1, -0.05) is 0 Å². The summed E-state index contributed by atoms with van der Waals surface area (Å²) in [5.41, 5.74) is 0.162. The molecule has 0 atom stereocenters. The molecular weight excluding hydrogens is 315 g/mol. The van der Waals surface area contributed by atoms with Crippen LogP contribution in [0.3, 0.4) is 0 Å². The van der Waals surface area contributed by atoms with E-state index >= 15 is 0 Å². The minimum Gasteiger partial charge on any atom is -0.370 e. The van der Waals surface area contributed by atoms with Crippen molar-refractivity contribution in [3.05, 3.63) is 58.0 Å². The van der Waals surface area contributed by atoms with Crippen LogP contribution in [0.5, 0.6) is 0 Å². The Hall–Kier alpha value is -3.03. The number of amides is 1. The van der Waals surface area contributed by atoms with E-state index in [0.717, 1.165) is 49.8 Å². The summed E-state index contributed by atoms with van der Waals surface area (Å²) in [7, 11) is 0. The standard InChI is InChI=1S/C16H15FN4O3/c17-11-3-5-14(21(23)24)13(9-11)16(22)19-15-6-4-12(10-18-15)20-7-1-2-8-20/h3-6,9-10H,1-2,7-8H2,(H,18,19,22). The molecule has 0 bridgehead atoms. The summed E-state index contributed by atoms with van der Waals surface area (Å²) in [4.78, 5) is 28.8. The molecular formula is C16H15FN4O3. The zero-order valence-electron chi connectivity index (χ0n) is 12.7. The third kappa shape index (κ3) is 3.32. The van der Waals surface area contributed by atoms with Crippen LogP contribution in [-0.4, -0.2) is 28.9 Å². The highest BCUT2D eigenvalue weighted by Gasteiger charge is 2.21. The second-order valence-corrected chi connectivity index (χ2v) is 5.47. The molecule has 0 saturated carbocycles. The number of carbonyl (C=O) groups is 1. The highest BCUT2D eigenvalue weighted by atomic mass is 19.1. The predicted octanol–water partition coefficient (Wildman–Crippen LogP) is 2.98. The Morgan fingerprint density at radius 2 is 2.00 bits per heavy atom. The van der Waals surface area contributed by atoms with Gasteiger partial charge >= 0.3 is 0 Å². The highest BCUT2D eigenvalue weighted by molar-refractivity contribution is 6.06. The van der Waals surface area contributed by atoms with Crippen molar-refractivity contribution < 1.29 is 14.1 Å². The van der Waals surface area contributed by atoms with Crippen LogP contribution in [-0.2, 0) is 0 Å². The average Bonchev–Trinajstić information content (AvgIpc) is 3.09. The SMILES string of the molecule is O=C(Nc1ccc(N2CCCC2)cn1)c1cc(F)ccc1[N+](=O)[O-]. The number of rotatable bonds is 4. The summed E-state index contributed by atoms with van der Waals surface area (Å²) < 4.78 is 13.3. The summed E-state index contributed by atoms with van der Waals surface area (Å²) in [6, 6.07) is 6.20. The van der Waals surface area contributed by atoms with Crippen LogP contribution in [0.4, 0.5) is 21.6 Å². The molecule has 3 rings (SSSR count). The molecule has 1 aromatic carbocycles. The van der Waals surface area contributed by atoms with E-state index < -0.39 is 22.3 Å². The van der Waals surface area contributed by atoms with Gasteiger partial charge in [0.2, 0.25) is 0 Å². The molecule has 2 heterocycles. The number of carbonyl (C=O) groups excluding carboxylic acids is 1. The molecule has 124 valence electrons. The summed E-state index contributed by atoms with van der Waals surface area (Å²) in [6.45, 7) is 1.95. The van der Waals surface area contributed by atoms with Crippen molar-refractivity contribution in [2.45, 2.75) is 12.8 Å². The number of nitrogens with one attached hydrogen (secondary N) is 1. The Morgan fingerprint density at radius 3 is 2.62 bits per heavy atom. The van der Waals surface area contributed by atoms with E-state index in [2.05, 4.69) is 15.2 Å². The largest absolute Gasteiger partial charge is 0.370 e. The number of nitro groups is 1. The van der Waals surface area contributed by atoms with Crippen LogP contribution < -0.4 is 10.2 Å². The first kappa shape index (κ1) is 15.9. The number of hydrogen-bond donors (Lipinski definition) is 1. The molecule has 8 heteroatoms. The molecule has 0 unspecified atom stereocenters.